The van der Waals surface area contributed by atoms with Crippen LogP contribution in [0, 0.1) is 6.92 Å². The van der Waals surface area contributed by atoms with Crippen LogP contribution in [0.15, 0.2) is 11.0 Å². The molecule has 0 saturated heterocycles. The molecule has 0 heterocycles. The molecule has 0 aliphatic carbocycles. The van der Waals surface area contributed by atoms with Gasteiger partial charge in [0, 0.05) is 16.2 Å². The molecule has 1 aromatic carbocycles. The van der Waals surface area contributed by atoms with E-state index in [1.54, 1.807) is 6.92 Å². The van der Waals surface area contributed by atoms with Crippen molar-refractivity contribution in [3.63, 3.8) is 0 Å². The van der Waals surface area contributed by atoms with Crippen molar-refractivity contribution in [2.24, 2.45) is 0 Å². The van der Waals surface area contributed by atoms with Crippen molar-refractivity contribution >= 4 is 48.7 Å². The molecule has 88 valence electrons. The lowest BCUT2D eigenvalue weighted by Crippen LogP contribution is -2.05. The third kappa shape index (κ3) is 2.51. The summed E-state index contributed by atoms with van der Waals surface area (Å²) < 4.78 is 22.6. The van der Waals surface area contributed by atoms with E-state index in [0.29, 0.717) is 5.56 Å². The van der Waals surface area contributed by atoms with Gasteiger partial charge in [0.15, 0.2) is 5.78 Å². The van der Waals surface area contributed by atoms with Crippen molar-refractivity contribution in [3.8, 4) is 0 Å². The molecule has 0 amide bonds. The summed E-state index contributed by atoms with van der Waals surface area (Å²) in [7, 11) is 1.10. The van der Waals surface area contributed by atoms with Crippen LogP contribution in [-0.4, -0.2) is 14.2 Å². The molecule has 0 N–H and O–H groups in total. The Hall–Kier alpha value is -0.290. The van der Waals surface area contributed by atoms with Crippen molar-refractivity contribution in [1.29, 1.82) is 0 Å². The predicted molar refractivity (Wildman–Crippen MR) is 64.2 cm³/mol. The first-order chi connectivity index (χ1) is 7.16. The van der Waals surface area contributed by atoms with E-state index in [2.05, 4.69) is 0 Å². The number of hydrogen-bond donors (Lipinski definition) is 0. The second-order valence-electron chi connectivity index (χ2n) is 3.19. The van der Waals surface area contributed by atoms with Gasteiger partial charge in [0.2, 0.25) is 0 Å². The molecule has 1 rings (SSSR count). The van der Waals surface area contributed by atoms with Gasteiger partial charge in [0.25, 0.3) is 9.05 Å². The number of benzene rings is 1. The van der Waals surface area contributed by atoms with Crippen molar-refractivity contribution in [1.82, 2.24) is 0 Å². The van der Waals surface area contributed by atoms with Gasteiger partial charge in [0.1, 0.15) is 4.90 Å². The van der Waals surface area contributed by atoms with Gasteiger partial charge in [-0.25, -0.2) is 8.42 Å². The molecule has 0 aliphatic rings. The maximum atomic E-state index is 11.3. The van der Waals surface area contributed by atoms with Crippen molar-refractivity contribution in [3.05, 3.63) is 27.2 Å². The first-order valence-corrected chi connectivity index (χ1v) is 7.17. The highest BCUT2D eigenvalue weighted by Crippen LogP contribution is 2.36. The average Bonchev–Trinajstić information content (AvgIpc) is 2.10. The van der Waals surface area contributed by atoms with E-state index in [0.717, 1.165) is 0 Å². The van der Waals surface area contributed by atoms with Gasteiger partial charge >= 0.3 is 0 Å². The molecule has 16 heavy (non-hydrogen) atoms. The van der Waals surface area contributed by atoms with Crippen LogP contribution < -0.4 is 0 Å². The second-order valence-corrected chi connectivity index (χ2v) is 6.45. The van der Waals surface area contributed by atoms with Crippen LogP contribution in [0.3, 0.4) is 0 Å². The largest absolute Gasteiger partial charge is 0.294 e. The van der Waals surface area contributed by atoms with Crippen molar-refractivity contribution in [2.45, 2.75) is 18.7 Å². The lowest BCUT2D eigenvalue weighted by Gasteiger charge is -2.10. The number of carbonyl (C=O) groups is 1. The number of aryl methyl sites for hydroxylation is 1. The van der Waals surface area contributed by atoms with Gasteiger partial charge in [0.05, 0.1) is 10.0 Å². The van der Waals surface area contributed by atoms with Crippen LogP contribution >= 0.6 is 33.9 Å². The Labute approximate surface area is 108 Å². The van der Waals surface area contributed by atoms with Gasteiger partial charge in [-0.15, -0.1) is 0 Å². The van der Waals surface area contributed by atoms with Crippen LogP contribution in [-0.2, 0) is 9.05 Å². The molecule has 3 nitrogen and oxygen atoms in total. The molecule has 0 aliphatic heterocycles. The van der Waals surface area contributed by atoms with Crippen LogP contribution in [0.1, 0.15) is 22.8 Å². The lowest BCUT2D eigenvalue weighted by atomic mass is 10.1. The summed E-state index contributed by atoms with van der Waals surface area (Å²) in [5.74, 6) is -0.444. The topological polar surface area (TPSA) is 51.2 Å². The maximum Gasteiger partial charge on any atom is 0.263 e. The van der Waals surface area contributed by atoms with E-state index in [1.807, 2.05) is 0 Å². The first kappa shape index (κ1) is 13.8. The Morgan fingerprint density at radius 2 is 1.75 bits per heavy atom. The quantitative estimate of drug-likeness (QED) is 0.621. The summed E-state index contributed by atoms with van der Waals surface area (Å²) in [5, 5.41) is -0.146. The summed E-state index contributed by atoms with van der Waals surface area (Å²) in [4.78, 5) is 10.9. The average molecular weight is 302 g/mol. The molecular weight excluding hydrogens is 295 g/mol. The van der Waals surface area contributed by atoms with E-state index in [4.69, 9.17) is 33.9 Å². The van der Waals surface area contributed by atoms with E-state index in [-0.39, 0.29) is 15.6 Å². The summed E-state index contributed by atoms with van der Waals surface area (Å²) in [6.07, 6.45) is 0. The molecule has 0 aromatic heterocycles. The first-order valence-electron chi connectivity index (χ1n) is 4.10. The fourth-order valence-corrected chi connectivity index (χ4v) is 3.38. The number of halogens is 3. The molecule has 0 atom stereocenters. The Morgan fingerprint density at radius 3 is 2.12 bits per heavy atom. The number of carbonyl (C=O) groups excluding carboxylic acids is 1. The Morgan fingerprint density at radius 1 is 1.25 bits per heavy atom. The number of ketones is 1. The van der Waals surface area contributed by atoms with E-state index in [1.165, 1.54) is 13.0 Å². The molecule has 0 spiro atoms. The van der Waals surface area contributed by atoms with Gasteiger partial charge in [-0.1, -0.05) is 23.2 Å². The van der Waals surface area contributed by atoms with Gasteiger partial charge in [-0.3, -0.25) is 4.79 Å². The zero-order valence-electron chi connectivity index (χ0n) is 8.34. The highest BCUT2D eigenvalue weighted by atomic mass is 35.7. The third-order valence-electron chi connectivity index (χ3n) is 1.97. The number of hydrogen-bond acceptors (Lipinski definition) is 3. The SMILES string of the molecule is CC(=O)c1cc(C)c(Cl)c(Cl)c1S(=O)(=O)Cl. The molecule has 0 fully saturated rings. The summed E-state index contributed by atoms with van der Waals surface area (Å²) >= 11 is 11.6. The van der Waals surface area contributed by atoms with Crippen LogP contribution in [0.4, 0.5) is 0 Å². The fraction of sp³-hybridized carbons (Fsp3) is 0.222. The minimum absolute atomic E-state index is 0.0538. The number of Topliss-reactive ketones (excluding diaryl/α,β-unsaturated/α-hetero) is 1. The smallest absolute Gasteiger partial charge is 0.263 e. The predicted octanol–water partition coefficient (Wildman–Crippen LogP) is 3.43. The zero-order chi connectivity index (χ0) is 12.7. The monoisotopic (exact) mass is 300 g/mol. The third-order valence-corrected chi connectivity index (χ3v) is 4.42. The second kappa shape index (κ2) is 4.53. The van der Waals surface area contributed by atoms with Crippen LogP contribution in [0.2, 0.25) is 10.0 Å². The van der Waals surface area contributed by atoms with Gasteiger partial charge < -0.3 is 0 Å². The van der Waals surface area contributed by atoms with E-state index in [9.17, 15) is 13.2 Å². The van der Waals surface area contributed by atoms with Crippen LogP contribution in [0.25, 0.3) is 0 Å². The standard InChI is InChI=1S/C9H7Cl3O3S/c1-4-3-6(5(2)13)9(16(12,14)15)8(11)7(4)10/h3H,1-2H3. The zero-order valence-corrected chi connectivity index (χ0v) is 11.4. The van der Waals surface area contributed by atoms with Crippen LogP contribution in [0.5, 0.6) is 0 Å². The lowest BCUT2D eigenvalue weighted by molar-refractivity contribution is 0.101. The minimum Gasteiger partial charge on any atom is -0.294 e. The number of rotatable bonds is 2. The van der Waals surface area contributed by atoms with E-state index < -0.39 is 19.7 Å². The molecule has 0 saturated carbocycles. The van der Waals surface area contributed by atoms with Crippen molar-refractivity contribution < 1.29 is 13.2 Å². The van der Waals surface area contributed by atoms with Gasteiger partial charge in [-0.05, 0) is 25.5 Å². The molecule has 1 aromatic rings. The van der Waals surface area contributed by atoms with Crippen molar-refractivity contribution in [2.75, 3.05) is 0 Å². The maximum absolute atomic E-state index is 11.3. The fourth-order valence-electron chi connectivity index (χ4n) is 1.24. The summed E-state index contributed by atoms with van der Waals surface area (Å²) in [6.45, 7) is 2.84. The Bertz CT molecular complexity index is 564. The normalized spacial score (nSPS) is 11.6. The molecule has 0 radical (unpaired) electrons. The minimum atomic E-state index is -4.11. The highest BCUT2D eigenvalue weighted by Gasteiger charge is 2.25. The Kier molecular flexibility index (Phi) is 3.90. The summed E-state index contributed by atoms with van der Waals surface area (Å²) in [6, 6.07) is 1.35. The molecule has 7 heteroatoms. The molecule has 0 unspecified atom stereocenters. The van der Waals surface area contributed by atoms with Gasteiger partial charge in [-0.2, -0.15) is 0 Å². The summed E-state index contributed by atoms with van der Waals surface area (Å²) in [5.41, 5.74) is 0.461. The molecule has 0 bridgehead atoms. The highest BCUT2D eigenvalue weighted by molar-refractivity contribution is 8.13. The van der Waals surface area contributed by atoms with E-state index >= 15 is 0 Å². The molecular formula is C9H7Cl3O3S. The Balaban J connectivity index is 3.83.